The van der Waals surface area contributed by atoms with Crippen LogP contribution < -0.4 is 0 Å². The lowest BCUT2D eigenvalue weighted by atomic mass is 10.1. The van der Waals surface area contributed by atoms with Crippen LogP contribution in [-0.2, 0) is 0 Å². The third-order valence-electron chi connectivity index (χ3n) is 4.62. The molecule has 1 aliphatic carbocycles. The molecule has 1 aromatic rings. The number of fused-ring (bicyclic) bond motifs is 1. The van der Waals surface area contributed by atoms with E-state index >= 15 is 0 Å². The molecule has 0 N–H and O–H groups in total. The highest BCUT2D eigenvalue weighted by Gasteiger charge is 2.59. The van der Waals surface area contributed by atoms with Gasteiger partial charge in [0.1, 0.15) is 11.5 Å². The van der Waals surface area contributed by atoms with Crippen molar-refractivity contribution >= 4 is 0 Å². The summed E-state index contributed by atoms with van der Waals surface area (Å²) in [7, 11) is 0. The number of allylic oxidation sites excluding steroid dienone is 4. The molecule has 2 heterocycles. The van der Waals surface area contributed by atoms with Gasteiger partial charge >= 0.3 is 0 Å². The molecule has 0 aromatic carbocycles. The van der Waals surface area contributed by atoms with Crippen molar-refractivity contribution in [2.24, 2.45) is 11.3 Å². The highest BCUT2D eigenvalue weighted by molar-refractivity contribution is 5.38. The second-order valence-corrected chi connectivity index (χ2v) is 6.30. The molecular formula is C20H21FN2. The molecule has 3 rings (SSSR count). The van der Waals surface area contributed by atoms with Crippen LogP contribution in [0.2, 0.25) is 0 Å². The standard InChI is InChI=1S/C20H21FN2/c1-4-17(21)11-19(5-2)23-13-16-12-20(16,14-23)10-9-18-8-6-7-15(3)22-18/h4-8,11,16H,1,12-14H2,2-3H3/b17-11+,19-5+. The zero-order valence-electron chi connectivity index (χ0n) is 13.6. The Morgan fingerprint density at radius 2 is 2.35 bits per heavy atom. The molecule has 1 aliphatic heterocycles. The minimum Gasteiger partial charge on any atom is -0.370 e. The maximum absolute atomic E-state index is 13.5. The lowest BCUT2D eigenvalue weighted by Crippen LogP contribution is -2.23. The molecule has 3 heteroatoms. The second-order valence-electron chi connectivity index (χ2n) is 6.30. The van der Waals surface area contributed by atoms with E-state index in [-0.39, 0.29) is 11.2 Å². The molecule has 23 heavy (non-hydrogen) atoms. The molecule has 1 saturated heterocycles. The first-order chi connectivity index (χ1) is 11.1. The zero-order valence-corrected chi connectivity index (χ0v) is 13.6. The van der Waals surface area contributed by atoms with Crippen molar-refractivity contribution in [3.63, 3.8) is 0 Å². The van der Waals surface area contributed by atoms with Crippen molar-refractivity contribution in [3.8, 4) is 11.8 Å². The summed E-state index contributed by atoms with van der Waals surface area (Å²) in [5, 5.41) is 0. The summed E-state index contributed by atoms with van der Waals surface area (Å²) in [5.74, 6) is 6.94. The molecule has 0 spiro atoms. The maximum atomic E-state index is 13.5. The number of hydrogen-bond donors (Lipinski definition) is 0. The van der Waals surface area contributed by atoms with E-state index in [1.807, 2.05) is 38.1 Å². The van der Waals surface area contributed by atoms with Gasteiger partial charge in [0.2, 0.25) is 0 Å². The molecular weight excluding hydrogens is 287 g/mol. The molecule has 1 saturated carbocycles. The fourth-order valence-electron chi connectivity index (χ4n) is 3.23. The summed E-state index contributed by atoms with van der Waals surface area (Å²) in [6.07, 6.45) is 5.85. The van der Waals surface area contributed by atoms with E-state index in [9.17, 15) is 4.39 Å². The van der Waals surface area contributed by atoms with Crippen LogP contribution in [0.4, 0.5) is 4.39 Å². The van der Waals surface area contributed by atoms with E-state index in [1.165, 1.54) is 6.08 Å². The number of aromatic nitrogens is 1. The molecule has 118 valence electrons. The van der Waals surface area contributed by atoms with E-state index < -0.39 is 0 Å². The maximum Gasteiger partial charge on any atom is 0.124 e. The van der Waals surface area contributed by atoms with E-state index in [4.69, 9.17) is 0 Å². The molecule has 0 amide bonds. The number of piperidine rings is 1. The molecule has 1 aromatic heterocycles. The lowest BCUT2D eigenvalue weighted by molar-refractivity contribution is 0.377. The van der Waals surface area contributed by atoms with E-state index in [2.05, 4.69) is 28.3 Å². The van der Waals surface area contributed by atoms with Gasteiger partial charge in [-0.25, -0.2) is 9.37 Å². The molecule has 2 aliphatic rings. The highest BCUT2D eigenvalue weighted by atomic mass is 19.1. The first-order valence-electron chi connectivity index (χ1n) is 7.94. The summed E-state index contributed by atoms with van der Waals surface area (Å²) in [6, 6.07) is 5.90. The van der Waals surface area contributed by atoms with Crippen LogP contribution in [0.15, 0.2) is 54.5 Å². The van der Waals surface area contributed by atoms with Crippen molar-refractivity contribution in [2.45, 2.75) is 20.3 Å². The largest absolute Gasteiger partial charge is 0.370 e. The Balaban J connectivity index is 1.74. The highest BCUT2D eigenvalue weighted by Crippen LogP contribution is 2.58. The lowest BCUT2D eigenvalue weighted by Gasteiger charge is -2.22. The summed E-state index contributed by atoms with van der Waals surface area (Å²) < 4.78 is 13.5. The van der Waals surface area contributed by atoms with Crippen LogP contribution in [0.1, 0.15) is 24.7 Å². The second kappa shape index (κ2) is 6.04. The topological polar surface area (TPSA) is 16.1 Å². The summed E-state index contributed by atoms with van der Waals surface area (Å²) >= 11 is 0. The normalized spacial score (nSPS) is 26.4. The van der Waals surface area contributed by atoms with Crippen LogP contribution in [0.3, 0.4) is 0 Å². The first-order valence-corrected chi connectivity index (χ1v) is 7.94. The van der Waals surface area contributed by atoms with E-state index in [0.717, 1.165) is 36.6 Å². The van der Waals surface area contributed by atoms with Gasteiger partial charge in [-0.05, 0) is 56.4 Å². The van der Waals surface area contributed by atoms with Crippen LogP contribution in [0.5, 0.6) is 0 Å². The molecule has 0 radical (unpaired) electrons. The van der Waals surface area contributed by atoms with E-state index in [1.54, 1.807) is 6.08 Å². The number of pyridine rings is 1. The van der Waals surface area contributed by atoms with Crippen molar-refractivity contribution in [2.75, 3.05) is 13.1 Å². The van der Waals surface area contributed by atoms with Crippen molar-refractivity contribution < 1.29 is 4.39 Å². The fraction of sp³-hybridized carbons (Fsp3) is 0.350. The van der Waals surface area contributed by atoms with Gasteiger partial charge in [-0.15, -0.1) is 0 Å². The third kappa shape index (κ3) is 3.22. The summed E-state index contributed by atoms with van der Waals surface area (Å²) in [5.41, 5.74) is 2.77. The average molecular weight is 308 g/mol. The van der Waals surface area contributed by atoms with Crippen molar-refractivity contribution in [3.05, 3.63) is 65.9 Å². The Labute approximate surface area is 137 Å². The van der Waals surface area contributed by atoms with Crippen molar-refractivity contribution in [1.29, 1.82) is 0 Å². The molecule has 2 fully saturated rings. The average Bonchev–Trinajstić information content (AvgIpc) is 3.11. The minimum atomic E-state index is -0.303. The van der Waals surface area contributed by atoms with Gasteiger partial charge in [0, 0.05) is 24.5 Å². The smallest absolute Gasteiger partial charge is 0.124 e. The number of rotatable bonds is 3. The van der Waals surface area contributed by atoms with Crippen molar-refractivity contribution in [1.82, 2.24) is 9.88 Å². The zero-order chi connectivity index (χ0) is 16.4. The van der Waals surface area contributed by atoms with Gasteiger partial charge in [0.25, 0.3) is 0 Å². The Morgan fingerprint density at radius 1 is 1.52 bits per heavy atom. The monoisotopic (exact) mass is 308 g/mol. The number of nitrogens with zero attached hydrogens (tertiary/aromatic N) is 2. The molecule has 0 bridgehead atoms. The summed E-state index contributed by atoms with van der Waals surface area (Å²) in [6.45, 7) is 9.17. The first kappa shape index (κ1) is 15.6. The Bertz CT molecular complexity index is 750. The van der Waals surface area contributed by atoms with Crippen LogP contribution in [-0.4, -0.2) is 23.0 Å². The predicted molar refractivity (Wildman–Crippen MR) is 91.1 cm³/mol. The predicted octanol–water partition coefficient (Wildman–Crippen LogP) is 4.01. The molecule has 2 atom stereocenters. The number of likely N-dealkylation sites (tertiary alicyclic amines) is 1. The minimum absolute atomic E-state index is 0.0538. The van der Waals surface area contributed by atoms with Gasteiger partial charge in [0.05, 0.1) is 5.41 Å². The number of halogens is 1. The number of aryl methyl sites for hydroxylation is 1. The van der Waals surface area contributed by atoms with Gasteiger partial charge in [0.15, 0.2) is 0 Å². The Morgan fingerprint density at radius 3 is 3.04 bits per heavy atom. The third-order valence-corrected chi connectivity index (χ3v) is 4.62. The van der Waals surface area contributed by atoms with Gasteiger partial charge in [-0.2, -0.15) is 0 Å². The SMILES string of the molecule is C=C/C(F)=C\C(=C/C)N1CC2CC2(C#Cc2cccc(C)n2)C1. The summed E-state index contributed by atoms with van der Waals surface area (Å²) in [4.78, 5) is 6.65. The van der Waals surface area contributed by atoms with E-state index in [0.29, 0.717) is 5.92 Å². The van der Waals surface area contributed by atoms with Crippen LogP contribution in [0, 0.1) is 30.1 Å². The fourth-order valence-corrected chi connectivity index (χ4v) is 3.23. The molecule has 2 nitrogen and oxygen atoms in total. The Kier molecular flexibility index (Phi) is 4.09. The molecule has 2 unspecified atom stereocenters. The Hall–Kier alpha value is -2.34. The number of hydrogen-bond acceptors (Lipinski definition) is 2. The van der Waals surface area contributed by atoms with Gasteiger partial charge in [-0.1, -0.05) is 24.6 Å². The van der Waals surface area contributed by atoms with Crippen LogP contribution in [0.25, 0.3) is 0 Å². The van der Waals surface area contributed by atoms with Gasteiger partial charge in [-0.3, -0.25) is 0 Å². The van der Waals surface area contributed by atoms with Crippen LogP contribution >= 0.6 is 0 Å². The van der Waals surface area contributed by atoms with Gasteiger partial charge < -0.3 is 4.90 Å². The quantitative estimate of drug-likeness (QED) is 0.619.